The second-order valence-corrected chi connectivity index (χ2v) is 4.64. The van der Waals surface area contributed by atoms with Gasteiger partial charge in [-0.25, -0.2) is 4.79 Å². The number of para-hydroxylation sites is 1. The number of rotatable bonds is 6. The van der Waals surface area contributed by atoms with Gasteiger partial charge in [0.25, 0.3) is 0 Å². The predicted octanol–water partition coefficient (Wildman–Crippen LogP) is 3.51. The number of ether oxygens (including phenoxy) is 1. The summed E-state index contributed by atoms with van der Waals surface area (Å²) in [7, 11) is 0. The fraction of sp³-hybridized carbons (Fsp3) is 0.500. The van der Waals surface area contributed by atoms with E-state index in [4.69, 9.17) is 9.84 Å². The van der Waals surface area contributed by atoms with E-state index in [1.54, 1.807) is 12.1 Å². The molecule has 0 saturated carbocycles. The minimum absolute atomic E-state index is 0.245. The summed E-state index contributed by atoms with van der Waals surface area (Å²) in [5.41, 5.74) is 1.11. The Morgan fingerprint density at radius 1 is 1.41 bits per heavy atom. The topological polar surface area (TPSA) is 46.5 Å². The fourth-order valence-electron chi connectivity index (χ4n) is 1.68. The van der Waals surface area contributed by atoms with Gasteiger partial charge in [-0.15, -0.1) is 0 Å². The van der Waals surface area contributed by atoms with E-state index in [1.807, 2.05) is 13.0 Å². The van der Waals surface area contributed by atoms with Crippen LogP contribution >= 0.6 is 0 Å². The molecule has 0 amide bonds. The molecule has 0 aliphatic heterocycles. The molecule has 0 aliphatic rings. The molecule has 0 fully saturated rings. The van der Waals surface area contributed by atoms with Crippen LogP contribution in [0.5, 0.6) is 5.75 Å². The zero-order valence-corrected chi connectivity index (χ0v) is 10.7. The lowest BCUT2D eigenvalue weighted by Crippen LogP contribution is -2.06. The highest BCUT2D eigenvalue weighted by Gasteiger charge is 2.12. The molecule has 1 aromatic rings. The molecule has 1 aromatic carbocycles. The Bertz CT molecular complexity index is 383. The van der Waals surface area contributed by atoms with Crippen molar-refractivity contribution in [1.29, 1.82) is 0 Å². The highest BCUT2D eigenvalue weighted by Crippen LogP contribution is 2.23. The average Bonchev–Trinajstić information content (AvgIpc) is 2.25. The van der Waals surface area contributed by atoms with Crippen molar-refractivity contribution in [2.75, 3.05) is 6.61 Å². The van der Waals surface area contributed by atoms with E-state index in [0.29, 0.717) is 18.3 Å². The number of aryl methyl sites for hydroxylation is 1. The summed E-state index contributed by atoms with van der Waals surface area (Å²) in [5, 5.41) is 9.05. The largest absolute Gasteiger partial charge is 0.492 e. The standard InChI is InChI=1S/C14H20O3/c1-10(2)6-5-9-17-13-11(3)7-4-8-12(13)14(15)16/h4,7-8,10H,5-6,9H2,1-3H3,(H,15,16). The van der Waals surface area contributed by atoms with Gasteiger partial charge in [-0.1, -0.05) is 26.0 Å². The normalized spacial score (nSPS) is 10.6. The molecule has 0 aromatic heterocycles. The zero-order valence-electron chi connectivity index (χ0n) is 10.7. The van der Waals surface area contributed by atoms with Crippen molar-refractivity contribution < 1.29 is 14.6 Å². The molecule has 0 atom stereocenters. The number of carbonyl (C=O) groups is 1. The molecule has 3 nitrogen and oxygen atoms in total. The van der Waals surface area contributed by atoms with Crippen LogP contribution in [0, 0.1) is 12.8 Å². The quantitative estimate of drug-likeness (QED) is 0.769. The van der Waals surface area contributed by atoms with Gasteiger partial charge in [0.1, 0.15) is 11.3 Å². The molecule has 1 rings (SSSR count). The Balaban J connectivity index is 2.66. The summed E-state index contributed by atoms with van der Waals surface area (Å²) in [6.07, 6.45) is 2.04. The summed E-state index contributed by atoms with van der Waals surface area (Å²) >= 11 is 0. The highest BCUT2D eigenvalue weighted by atomic mass is 16.5. The second-order valence-electron chi connectivity index (χ2n) is 4.64. The molecule has 17 heavy (non-hydrogen) atoms. The van der Waals surface area contributed by atoms with Crippen LogP contribution in [0.3, 0.4) is 0 Å². The average molecular weight is 236 g/mol. The Labute approximate surface area is 102 Å². The third-order valence-corrected chi connectivity index (χ3v) is 2.61. The van der Waals surface area contributed by atoms with Gasteiger partial charge in [0.2, 0.25) is 0 Å². The van der Waals surface area contributed by atoms with Crippen molar-refractivity contribution >= 4 is 5.97 Å². The van der Waals surface area contributed by atoms with E-state index in [1.165, 1.54) is 0 Å². The van der Waals surface area contributed by atoms with Crippen LogP contribution in [0.15, 0.2) is 18.2 Å². The monoisotopic (exact) mass is 236 g/mol. The van der Waals surface area contributed by atoms with Gasteiger partial charge in [0.05, 0.1) is 6.61 Å². The molecule has 0 bridgehead atoms. The van der Waals surface area contributed by atoms with Crippen molar-refractivity contribution in [3.63, 3.8) is 0 Å². The summed E-state index contributed by atoms with van der Waals surface area (Å²) in [6, 6.07) is 5.18. The number of carboxylic acid groups (broad SMARTS) is 1. The summed E-state index contributed by atoms with van der Waals surface area (Å²) < 4.78 is 5.60. The molecular formula is C14H20O3. The van der Waals surface area contributed by atoms with Crippen molar-refractivity contribution in [3.05, 3.63) is 29.3 Å². The van der Waals surface area contributed by atoms with E-state index in [9.17, 15) is 4.79 Å². The number of benzene rings is 1. The van der Waals surface area contributed by atoms with Gasteiger partial charge in [-0.2, -0.15) is 0 Å². The van der Waals surface area contributed by atoms with Crippen LogP contribution in [-0.2, 0) is 0 Å². The van der Waals surface area contributed by atoms with E-state index in [2.05, 4.69) is 13.8 Å². The van der Waals surface area contributed by atoms with E-state index < -0.39 is 5.97 Å². The summed E-state index contributed by atoms with van der Waals surface area (Å²) in [6.45, 7) is 6.76. The smallest absolute Gasteiger partial charge is 0.339 e. The van der Waals surface area contributed by atoms with Gasteiger partial charge in [0.15, 0.2) is 0 Å². The van der Waals surface area contributed by atoms with Crippen LogP contribution in [0.1, 0.15) is 42.6 Å². The third kappa shape index (κ3) is 4.10. The Morgan fingerprint density at radius 3 is 2.71 bits per heavy atom. The lowest BCUT2D eigenvalue weighted by molar-refractivity contribution is 0.0692. The summed E-state index contributed by atoms with van der Waals surface area (Å²) in [4.78, 5) is 11.0. The molecule has 0 radical (unpaired) electrons. The van der Waals surface area contributed by atoms with Gasteiger partial charge in [0, 0.05) is 0 Å². The van der Waals surface area contributed by atoms with E-state index in [-0.39, 0.29) is 5.56 Å². The Kier molecular flexibility index (Phi) is 5.01. The van der Waals surface area contributed by atoms with Crippen molar-refractivity contribution in [2.45, 2.75) is 33.6 Å². The minimum atomic E-state index is -0.937. The van der Waals surface area contributed by atoms with Gasteiger partial charge >= 0.3 is 5.97 Å². The molecule has 0 spiro atoms. The maximum Gasteiger partial charge on any atom is 0.339 e. The van der Waals surface area contributed by atoms with Gasteiger partial charge in [-0.3, -0.25) is 0 Å². The lowest BCUT2D eigenvalue weighted by atomic mass is 10.1. The van der Waals surface area contributed by atoms with Crippen LogP contribution in [0.25, 0.3) is 0 Å². The zero-order chi connectivity index (χ0) is 12.8. The minimum Gasteiger partial charge on any atom is -0.492 e. The highest BCUT2D eigenvalue weighted by molar-refractivity contribution is 5.91. The first-order chi connectivity index (χ1) is 8.02. The number of carboxylic acids is 1. The number of hydrogen-bond acceptors (Lipinski definition) is 2. The molecular weight excluding hydrogens is 216 g/mol. The number of hydrogen-bond donors (Lipinski definition) is 1. The summed E-state index contributed by atoms with van der Waals surface area (Å²) in [5.74, 6) is 0.214. The van der Waals surface area contributed by atoms with Crippen LogP contribution in [-0.4, -0.2) is 17.7 Å². The lowest BCUT2D eigenvalue weighted by Gasteiger charge is -2.12. The number of aromatic carboxylic acids is 1. The maximum atomic E-state index is 11.0. The molecule has 3 heteroatoms. The van der Waals surface area contributed by atoms with Gasteiger partial charge < -0.3 is 9.84 Å². The SMILES string of the molecule is Cc1cccc(C(=O)O)c1OCCCC(C)C. The first-order valence-corrected chi connectivity index (χ1v) is 5.98. The molecule has 0 aliphatic carbocycles. The Hall–Kier alpha value is -1.51. The van der Waals surface area contributed by atoms with E-state index >= 15 is 0 Å². The first-order valence-electron chi connectivity index (χ1n) is 5.98. The van der Waals surface area contributed by atoms with Crippen LogP contribution < -0.4 is 4.74 Å². The van der Waals surface area contributed by atoms with Crippen molar-refractivity contribution in [3.8, 4) is 5.75 Å². The second kappa shape index (κ2) is 6.28. The fourth-order valence-corrected chi connectivity index (χ4v) is 1.68. The molecule has 1 N–H and O–H groups in total. The molecule has 94 valence electrons. The Morgan fingerprint density at radius 2 is 2.12 bits per heavy atom. The first kappa shape index (κ1) is 13.6. The predicted molar refractivity (Wildman–Crippen MR) is 67.7 cm³/mol. The van der Waals surface area contributed by atoms with Gasteiger partial charge in [-0.05, 0) is 37.3 Å². The van der Waals surface area contributed by atoms with Crippen molar-refractivity contribution in [1.82, 2.24) is 0 Å². The van der Waals surface area contributed by atoms with Crippen molar-refractivity contribution in [2.24, 2.45) is 5.92 Å². The molecule has 0 saturated heterocycles. The van der Waals surface area contributed by atoms with Crippen LogP contribution in [0.2, 0.25) is 0 Å². The van der Waals surface area contributed by atoms with E-state index in [0.717, 1.165) is 18.4 Å². The third-order valence-electron chi connectivity index (χ3n) is 2.61. The molecule has 0 unspecified atom stereocenters. The maximum absolute atomic E-state index is 11.0. The molecule has 0 heterocycles. The van der Waals surface area contributed by atoms with Crippen LogP contribution in [0.4, 0.5) is 0 Å².